The van der Waals surface area contributed by atoms with Gasteiger partial charge in [0, 0.05) is 12.6 Å². The van der Waals surface area contributed by atoms with E-state index in [2.05, 4.69) is 23.2 Å². The fraction of sp³-hybridized carbons (Fsp3) is 0.929. The van der Waals surface area contributed by atoms with Crippen LogP contribution >= 0.6 is 0 Å². The van der Waals surface area contributed by atoms with Crippen LogP contribution in [0.25, 0.3) is 0 Å². The molecule has 0 spiro atoms. The maximum absolute atomic E-state index is 8.95. The van der Waals surface area contributed by atoms with Crippen LogP contribution in [0.1, 0.15) is 46.5 Å². The maximum atomic E-state index is 8.95. The summed E-state index contributed by atoms with van der Waals surface area (Å²) in [7, 11) is 0. The Balaban J connectivity index is 2.18. The molecule has 1 saturated heterocycles. The van der Waals surface area contributed by atoms with Crippen molar-refractivity contribution in [2.75, 3.05) is 26.2 Å². The van der Waals surface area contributed by atoms with Gasteiger partial charge in [-0.1, -0.05) is 13.3 Å². The molecule has 1 N–H and O–H groups in total. The number of nitrogens with zero attached hydrogens (tertiary/aromatic N) is 2. The van der Waals surface area contributed by atoms with Gasteiger partial charge in [0.25, 0.3) is 0 Å². The molecule has 3 nitrogen and oxygen atoms in total. The van der Waals surface area contributed by atoms with Crippen molar-refractivity contribution >= 4 is 0 Å². The summed E-state index contributed by atoms with van der Waals surface area (Å²) in [4.78, 5) is 2.58. The van der Waals surface area contributed by atoms with Gasteiger partial charge in [-0.05, 0) is 52.7 Å². The largest absolute Gasteiger partial charge is 0.315 e. The van der Waals surface area contributed by atoms with Gasteiger partial charge >= 0.3 is 0 Å². The second-order valence-corrected chi connectivity index (χ2v) is 5.73. The highest BCUT2D eigenvalue weighted by Crippen LogP contribution is 2.22. The van der Waals surface area contributed by atoms with E-state index in [0.29, 0.717) is 0 Å². The van der Waals surface area contributed by atoms with Gasteiger partial charge in [-0.15, -0.1) is 0 Å². The SMILES string of the molecule is CCN(CCCCC(C)(C)C#N)C1CCNC1. The number of hydrogen-bond acceptors (Lipinski definition) is 3. The van der Waals surface area contributed by atoms with Crippen LogP contribution in [0.3, 0.4) is 0 Å². The van der Waals surface area contributed by atoms with Gasteiger partial charge in [0.1, 0.15) is 0 Å². The standard InChI is InChI=1S/C14H27N3/c1-4-17(13-7-9-16-11-13)10-6-5-8-14(2,3)12-15/h13,16H,4-11H2,1-3H3. The first-order chi connectivity index (χ1) is 8.09. The summed E-state index contributed by atoms with van der Waals surface area (Å²) in [6, 6.07) is 3.11. The first kappa shape index (κ1) is 14.5. The molecular formula is C14H27N3. The highest BCUT2D eigenvalue weighted by molar-refractivity contribution is 4.91. The van der Waals surface area contributed by atoms with Gasteiger partial charge in [0.15, 0.2) is 0 Å². The molecule has 0 amide bonds. The number of likely N-dealkylation sites (N-methyl/N-ethyl adjacent to an activating group) is 1. The van der Waals surface area contributed by atoms with Crippen molar-refractivity contribution in [2.24, 2.45) is 5.41 Å². The monoisotopic (exact) mass is 237 g/mol. The third-order valence-electron chi connectivity index (χ3n) is 3.76. The minimum Gasteiger partial charge on any atom is -0.315 e. The number of nitriles is 1. The third-order valence-corrected chi connectivity index (χ3v) is 3.76. The maximum Gasteiger partial charge on any atom is 0.0683 e. The van der Waals surface area contributed by atoms with Gasteiger partial charge in [-0.25, -0.2) is 0 Å². The molecule has 3 heteroatoms. The van der Waals surface area contributed by atoms with Crippen LogP contribution < -0.4 is 5.32 Å². The Labute approximate surface area is 106 Å². The van der Waals surface area contributed by atoms with E-state index in [9.17, 15) is 0 Å². The molecule has 1 unspecified atom stereocenters. The highest BCUT2D eigenvalue weighted by Gasteiger charge is 2.21. The van der Waals surface area contributed by atoms with Crippen LogP contribution in [0, 0.1) is 16.7 Å². The molecule has 1 aliphatic heterocycles. The van der Waals surface area contributed by atoms with E-state index < -0.39 is 0 Å². The van der Waals surface area contributed by atoms with Crippen molar-refractivity contribution in [1.82, 2.24) is 10.2 Å². The predicted molar refractivity (Wildman–Crippen MR) is 71.8 cm³/mol. The van der Waals surface area contributed by atoms with Crippen molar-refractivity contribution in [2.45, 2.75) is 52.5 Å². The lowest BCUT2D eigenvalue weighted by molar-refractivity contribution is 0.212. The fourth-order valence-corrected chi connectivity index (χ4v) is 2.49. The molecule has 1 rings (SSSR count). The zero-order valence-electron chi connectivity index (χ0n) is 11.6. The molecule has 0 saturated carbocycles. The van der Waals surface area contributed by atoms with Crippen molar-refractivity contribution in [3.8, 4) is 6.07 Å². The van der Waals surface area contributed by atoms with Crippen molar-refractivity contribution in [3.63, 3.8) is 0 Å². The summed E-state index contributed by atoms with van der Waals surface area (Å²) in [6.07, 6.45) is 4.69. The van der Waals surface area contributed by atoms with E-state index in [4.69, 9.17) is 5.26 Å². The lowest BCUT2D eigenvalue weighted by atomic mass is 9.89. The van der Waals surface area contributed by atoms with Gasteiger partial charge in [-0.2, -0.15) is 5.26 Å². The zero-order valence-corrected chi connectivity index (χ0v) is 11.6. The molecule has 0 aromatic rings. The molecule has 0 aliphatic carbocycles. The first-order valence-electron chi connectivity index (χ1n) is 6.95. The summed E-state index contributed by atoms with van der Waals surface area (Å²) < 4.78 is 0. The smallest absolute Gasteiger partial charge is 0.0683 e. The molecule has 0 aromatic carbocycles. The molecule has 1 aliphatic rings. The predicted octanol–water partition coefficient (Wildman–Crippen LogP) is 2.39. The van der Waals surface area contributed by atoms with Crippen molar-refractivity contribution in [1.29, 1.82) is 5.26 Å². The molecule has 1 fully saturated rings. The molecular weight excluding hydrogens is 210 g/mol. The van der Waals surface area contributed by atoms with Crippen LogP contribution in [-0.4, -0.2) is 37.1 Å². The second kappa shape index (κ2) is 6.98. The van der Waals surface area contributed by atoms with Crippen molar-refractivity contribution in [3.05, 3.63) is 0 Å². The molecule has 0 aromatic heterocycles. The second-order valence-electron chi connectivity index (χ2n) is 5.73. The summed E-state index contributed by atoms with van der Waals surface area (Å²) >= 11 is 0. The van der Waals surface area contributed by atoms with E-state index in [1.165, 1.54) is 25.9 Å². The number of hydrogen-bond donors (Lipinski definition) is 1. The molecule has 17 heavy (non-hydrogen) atoms. The third kappa shape index (κ3) is 5.06. The highest BCUT2D eigenvalue weighted by atomic mass is 15.2. The Bertz CT molecular complexity index is 249. The van der Waals surface area contributed by atoms with E-state index in [-0.39, 0.29) is 5.41 Å². The Morgan fingerprint density at radius 1 is 1.41 bits per heavy atom. The lowest BCUT2D eigenvalue weighted by Crippen LogP contribution is -2.37. The molecule has 1 atom stereocenters. The first-order valence-corrected chi connectivity index (χ1v) is 6.95. The number of rotatable bonds is 7. The topological polar surface area (TPSA) is 39.1 Å². The van der Waals surface area contributed by atoms with Crippen LogP contribution in [0.15, 0.2) is 0 Å². The Kier molecular flexibility index (Phi) is 5.94. The van der Waals surface area contributed by atoms with Crippen LogP contribution in [0.2, 0.25) is 0 Å². The van der Waals surface area contributed by atoms with Crippen molar-refractivity contribution < 1.29 is 0 Å². The van der Waals surface area contributed by atoms with E-state index in [1.807, 2.05) is 13.8 Å². The summed E-state index contributed by atoms with van der Waals surface area (Å²) in [5, 5.41) is 12.4. The number of unbranched alkanes of at least 4 members (excludes halogenated alkanes) is 1. The normalized spacial score (nSPS) is 20.8. The zero-order chi connectivity index (χ0) is 12.7. The van der Waals surface area contributed by atoms with E-state index in [1.54, 1.807) is 0 Å². The average Bonchev–Trinajstić information content (AvgIpc) is 2.83. The Morgan fingerprint density at radius 3 is 2.71 bits per heavy atom. The molecule has 0 bridgehead atoms. The van der Waals surface area contributed by atoms with Gasteiger partial charge < -0.3 is 5.32 Å². The average molecular weight is 237 g/mol. The lowest BCUT2D eigenvalue weighted by Gasteiger charge is -2.27. The van der Waals surface area contributed by atoms with Gasteiger partial charge in [0.2, 0.25) is 0 Å². The summed E-state index contributed by atoms with van der Waals surface area (Å²) in [6.45, 7) is 11.0. The van der Waals surface area contributed by atoms with Crippen LogP contribution in [0.4, 0.5) is 0 Å². The van der Waals surface area contributed by atoms with E-state index >= 15 is 0 Å². The van der Waals surface area contributed by atoms with Crippen LogP contribution in [-0.2, 0) is 0 Å². The minimum atomic E-state index is -0.147. The summed E-state index contributed by atoms with van der Waals surface area (Å²) in [5.41, 5.74) is -0.147. The quantitative estimate of drug-likeness (QED) is 0.691. The van der Waals surface area contributed by atoms with E-state index in [0.717, 1.165) is 32.0 Å². The van der Waals surface area contributed by atoms with Gasteiger partial charge in [0.05, 0.1) is 11.5 Å². The Hall–Kier alpha value is -0.590. The summed E-state index contributed by atoms with van der Waals surface area (Å²) in [5.74, 6) is 0. The molecule has 0 radical (unpaired) electrons. The Morgan fingerprint density at radius 2 is 2.18 bits per heavy atom. The fourth-order valence-electron chi connectivity index (χ4n) is 2.49. The molecule has 98 valence electrons. The molecule has 1 heterocycles. The van der Waals surface area contributed by atoms with Crippen LogP contribution in [0.5, 0.6) is 0 Å². The van der Waals surface area contributed by atoms with Gasteiger partial charge in [-0.3, -0.25) is 4.90 Å². The number of nitrogens with one attached hydrogen (secondary N) is 1. The minimum absolute atomic E-state index is 0.147.